The summed E-state index contributed by atoms with van der Waals surface area (Å²) in [6, 6.07) is 10.9. The smallest absolute Gasteiger partial charge is 0.189 e. The Morgan fingerprint density at radius 1 is 1.18 bits per heavy atom. The first-order valence-electron chi connectivity index (χ1n) is 6.78. The van der Waals surface area contributed by atoms with E-state index in [0.29, 0.717) is 17.9 Å². The van der Waals surface area contributed by atoms with E-state index in [9.17, 15) is 9.90 Å². The summed E-state index contributed by atoms with van der Waals surface area (Å²) < 4.78 is 6.38. The molecule has 2 aromatic rings. The molecule has 1 heterocycles. The molecule has 0 bridgehead atoms. The Balaban J connectivity index is 1.87. The third kappa shape index (κ3) is 2.97. The minimum absolute atomic E-state index is 0.0427. The van der Waals surface area contributed by atoms with E-state index in [1.165, 1.54) is 6.08 Å². The van der Waals surface area contributed by atoms with Crippen LogP contribution < -0.4 is 4.74 Å². The monoisotopic (exact) mass is 356 g/mol. The highest BCUT2D eigenvalue weighted by atomic mass is 79.9. The van der Waals surface area contributed by atoms with Gasteiger partial charge in [0.2, 0.25) is 0 Å². The van der Waals surface area contributed by atoms with Gasteiger partial charge < -0.3 is 9.84 Å². The van der Waals surface area contributed by atoms with Gasteiger partial charge in [-0.3, -0.25) is 4.79 Å². The summed E-state index contributed by atoms with van der Waals surface area (Å²) in [5, 5.41) is 10.2. The summed E-state index contributed by atoms with van der Waals surface area (Å²) in [4.78, 5) is 12.3. The van der Waals surface area contributed by atoms with Crippen LogP contribution in [0.5, 0.6) is 11.5 Å². The fourth-order valence-corrected chi connectivity index (χ4v) is 2.48. The highest BCUT2D eigenvalue weighted by Crippen LogP contribution is 2.34. The Morgan fingerprint density at radius 2 is 1.95 bits per heavy atom. The maximum absolute atomic E-state index is 12.3. The van der Waals surface area contributed by atoms with E-state index in [2.05, 4.69) is 15.9 Å². The lowest BCUT2D eigenvalue weighted by molar-refractivity contribution is 0.104. The van der Waals surface area contributed by atoms with Crippen LogP contribution in [0, 0.1) is 0 Å². The molecule has 0 aromatic heterocycles. The number of hydrogen-bond donors (Lipinski definition) is 1. The number of hydrogen-bond acceptors (Lipinski definition) is 3. The predicted molar refractivity (Wildman–Crippen MR) is 90.1 cm³/mol. The third-order valence-electron chi connectivity index (χ3n) is 3.36. The number of rotatable bonds is 3. The first kappa shape index (κ1) is 14.6. The van der Waals surface area contributed by atoms with Crippen molar-refractivity contribution in [3.8, 4) is 11.5 Å². The number of halogens is 1. The summed E-state index contributed by atoms with van der Waals surface area (Å²) in [6.07, 6.45) is 6.75. The first-order valence-corrected chi connectivity index (χ1v) is 7.58. The van der Waals surface area contributed by atoms with Gasteiger partial charge in [-0.05, 0) is 48.1 Å². The summed E-state index contributed by atoms with van der Waals surface area (Å²) in [5.74, 6) is 0.300. The van der Waals surface area contributed by atoms with E-state index < -0.39 is 0 Å². The second-order valence-corrected chi connectivity index (χ2v) is 5.75. The zero-order chi connectivity index (χ0) is 15.5. The Morgan fingerprint density at radius 3 is 2.73 bits per heavy atom. The molecule has 4 heteroatoms. The molecule has 1 N–H and O–H groups in total. The second kappa shape index (κ2) is 6.20. The molecule has 22 heavy (non-hydrogen) atoms. The summed E-state index contributed by atoms with van der Waals surface area (Å²) in [5.41, 5.74) is 1.73. The molecule has 0 aliphatic carbocycles. The molecular weight excluding hydrogens is 344 g/mol. The number of benzene rings is 2. The minimum Gasteiger partial charge on any atom is -0.506 e. The lowest BCUT2D eigenvalue weighted by Gasteiger charge is -2.14. The van der Waals surface area contributed by atoms with E-state index in [1.54, 1.807) is 30.4 Å². The number of allylic oxidation sites excluding steroid dienone is 1. The Hall–Kier alpha value is -2.33. The van der Waals surface area contributed by atoms with Crippen LogP contribution in [0.4, 0.5) is 0 Å². The molecule has 0 amide bonds. The van der Waals surface area contributed by atoms with Crippen LogP contribution in [-0.2, 0) is 0 Å². The minimum atomic E-state index is -0.248. The third-order valence-corrected chi connectivity index (χ3v) is 3.89. The van der Waals surface area contributed by atoms with E-state index in [0.717, 1.165) is 10.0 Å². The molecule has 0 saturated carbocycles. The van der Waals surface area contributed by atoms with Gasteiger partial charge in [0.1, 0.15) is 18.1 Å². The molecule has 3 rings (SSSR count). The molecule has 1 aliphatic heterocycles. The number of ether oxygens (including phenoxy) is 1. The van der Waals surface area contributed by atoms with Crippen molar-refractivity contribution < 1.29 is 14.6 Å². The summed E-state index contributed by atoms with van der Waals surface area (Å²) in [6.45, 7) is 0.475. The topological polar surface area (TPSA) is 46.5 Å². The van der Waals surface area contributed by atoms with Crippen LogP contribution in [-0.4, -0.2) is 17.5 Å². The van der Waals surface area contributed by atoms with Gasteiger partial charge >= 0.3 is 0 Å². The Labute approximate surface area is 136 Å². The van der Waals surface area contributed by atoms with Crippen molar-refractivity contribution >= 4 is 33.9 Å². The molecule has 110 valence electrons. The maximum Gasteiger partial charge on any atom is 0.189 e. The van der Waals surface area contributed by atoms with E-state index >= 15 is 0 Å². The number of carbonyl (C=O) groups is 1. The molecule has 1 aliphatic rings. The normalized spacial score (nSPS) is 13.0. The van der Waals surface area contributed by atoms with E-state index in [-0.39, 0.29) is 17.1 Å². The number of carbonyl (C=O) groups excluding carboxylic acids is 1. The van der Waals surface area contributed by atoms with Crippen LogP contribution >= 0.6 is 15.9 Å². The highest BCUT2D eigenvalue weighted by molar-refractivity contribution is 9.10. The molecular formula is C18H13BrO3. The largest absolute Gasteiger partial charge is 0.506 e. The summed E-state index contributed by atoms with van der Waals surface area (Å²) >= 11 is 3.36. The van der Waals surface area contributed by atoms with Gasteiger partial charge in [-0.25, -0.2) is 0 Å². The molecule has 0 atom stereocenters. The van der Waals surface area contributed by atoms with Crippen molar-refractivity contribution in [2.45, 2.75) is 0 Å². The molecule has 0 unspecified atom stereocenters. The zero-order valence-electron chi connectivity index (χ0n) is 11.6. The van der Waals surface area contributed by atoms with Crippen LogP contribution in [0.25, 0.3) is 12.2 Å². The second-order valence-electron chi connectivity index (χ2n) is 4.84. The SMILES string of the molecule is O=C(/C=C/c1ccc(Br)cc1)c1ccc2c(c1O)C=CCO2. The van der Waals surface area contributed by atoms with E-state index in [1.807, 2.05) is 24.3 Å². The fraction of sp³-hybridized carbons (Fsp3) is 0.0556. The number of ketones is 1. The van der Waals surface area contributed by atoms with Gasteiger partial charge in [-0.15, -0.1) is 0 Å². The van der Waals surface area contributed by atoms with Gasteiger partial charge in [-0.2, -0.15) is 0 Å². The molecule has 0 spiro atoms. The van der Waals surface area contributed by atoms with Crippen molar-refractivity contribution in [2.24, 2.45) is 0 Å². The molecule has 0 radical (unpaired) electrons. The number of aromatic hydroxyl groups is 1. The van der Waals surface area contributed by atoms with Crippen molar-refractivity contribution in [3.05, 3.63) is 69.7 Å². The Kier molecular flexibility index (Phi) is 4.11. The van der Waals surface area contributed by atoms with Crippen LogP contribution in [0.1, 0.15) is 21.5 Å². The lowest BCUT2D eigenvalue weighted by atomic mass is 10.0. The van der Waals surface area contributed by atoms with Gasteiger partial charge in [0, 0.05) is 4.47 Å². The molecule has 0 saturated heterocycles. The van der Waals surface area contributed by atoms with Crippen LogP contribution in [0.15, 0.2) is 53.0 Å². The first-order chi connectivity index (χ1) is 10.6. The highest BCUT2D eigenvalue weighted by Gasteiger charge is 2.17. The van der Waals surface area contributed by atoms with Gasteiger partial charge in [-0.1, -0.05) is 34.1 Å². The average molecular weight is 357 g/mol. The van der Waals surface area contributed by atoms with Gasteiger partial charge in [0.15, 0.2) is 5.78 Å². The van der Waals surface area contributed by atoms with Gasteiger partial charge in [0.05, 0.1) is 11.1 Å². The maximum atomic E-state index is 12.3. The van der Waals surface area contributed by atoms with Crippen molar-refractivity contribution in [3.63, 3.8) is 0 Å². The van der Waals surface area contributed by atoms with Crippen LogP contribution in [0.2, 0.25) is 0 Å². The molecule has 3 nitrogen and oxygen atoms in total. The lowest BCUT2D eigenvalue weighted by Crippen LogP contribution is -2.03. The van der Waals surface area contributed by atoms with Crippen LogP contribution in [0.3, 0.4) is 0 Å². The number of phenolic OH excluding ortho intramolecular Hbond substituents is 1. The number of phenols is 1. The van der Waals surface area contributed by atoms with Crippen molar-refractivity contribution in [1.29, 1.82) is 0 Å². The number of fused-ring (bicyclic) bond motifs is 1. The van der Waals surface area contributed by atoms with E-state index in [4.69, 9.17) is 4.74 Å². The zero-order valence-corrected chi connectivity index (χ0v) is 13.2. The summed E-state index contributed by atoms with van der Waals surface area (Å²) in [7, 11) is 0. The van der Waals surface area contributed by atoms with Crippen molar-refractivity contribution in [1.82, 2.24) is 0 Å². The average Bonchev–Trinajstić information content (AvgIpc) is 2.55. The molecule has 0 fully saturated rings. The fourth-order valence-electron chi connectivity index (χ4n) is 2.21. The Bertz CT molecular complexity index is 774. The quantitative estimate of drug-likeness (QED) is 0.652. The predicted octanol–water partition coefficient (Wildman–Crippen LogP) is 4.46. The van der Waals surface area contributed by atoms with Gasteiger partial charge in [0.25, 0.3) is 0 Å². The molecule has 2 aromatic carbocycles. The standard InChI is InChI=1S/C18H13BrO3/c19-13-6-3-12(4-7-13)5-9-16(20)14-8-10-17-15(18(14)21)2-1-11-22-17/h1-10,21H,11H2/b9-5+. The van der Waals surface area contributed by atoms with Crippen molar-refractivity contribution in [2.75, 3.05) is 6.61 Å².